The predicted molar refractivity (Wildman–Crippen MR) is 50.7 cm³/mol. The zero-order valence-electron chi connectivity index (χ0n) is 8.43. The number of ether oxygens (including phenoxy) is 1. The number of hydrogen-bond donors (Lipinski definition) is 0. The Balaban J connectivity index is 1.96. The molecule has 0 saturated heterocycles. The molecule has 2 atom stereocenters. The highest BCUT2D eigenvalue weighted by molar-refractivity contribution is 5.77. The number of nitrogens with zero attached hydrogens (tertiary/aromatic N) is 2. The first-order valence-electron chi connectivity index (χ1n) is 4.87. The van der Waals surface area contributed by atoms with Gasteiger partial charge in [0.15, 0.2) is 0 Å². The highest BCUT2D eigenvalue weighted by Crippen LogP contribution is 2.47. The second kappa shape index (κ2) is 3.44. The fourth-order valence-corrected chi connectivity index (χ4v) is 1.70. The number of aryl methyl sites for hydroxylation is 1. The molecule has 76 valence electrons. The maximum atomic E-state index is 11.3. The molecule has 1 aliphatic rings. The van der Waals surface area contributed by atoms with Crippen molar-refractivity contribution in [2.45, 2.75) is 19.3 Å². The summed E-state index contributed by atoms with van der Waals surface area (Å²) in [6, 6.07) is 0. The molecule has 0 aliphatic heterocycles. The highest BCUT2D eigenvalue weighted by Gasteiger charge is 2.45. The van der Waals surface area contributed by atoms with Crippen LogP contribution in [0.4, 0.5) is 0 Å². The predicted octanol–water partition coefficient (Wildman–Crippen LogP) is 1.09. The Kier molecular flexibility index (Phi) is 2.27. The number of carbonyl (C=O) groups excluding carboxylic acids is 1. The van der Waals surface area contributed by atoms with Crippen LogP contribution in [0.25, 0.3) is 0 Å². The van der Waals surface area contributed by atoms with Crippen LogP contribution in [0, 0.1) is 5.92 Å². The summed E-state index contributed by atoms with van der Waals surface area (Å²) in [5, 5.41) is 4.08. The second-order valence-corrected chi connectivity index (χ2v) is 3.65. The van der Waals surface area contributed by atoms with Crippen LogP contribution >= 0.6 is 0 Å². The van der Waals surface area contributed by atoms with Gasteiger partial charge in [0, 0.05) is 19.2 Å². The first-order chi connectivity index (χ1) is 6.72. The molecular weight excluding hydrogens is 180 g/mol. The van der Waals surface area contributed by atoms with Crippen LogP contribution in [0.1, 0.15) is 24.8 Å². The SMILES string of the molecule is CCOC(=O)C1CC1c1cnn(C)c1. The van der Waals surface area contributed by atoms with Crippen LogP contribution < -0.4 is 0 Å². The van der Waals surface area contributed by atoms with E-state index in [0.717, 1.165) is 12.0 Å². The van der Waals surface area contributed by atoms with Crippen LogP contribution in [0.15, 0.2) is 12.4 Å². The molecule has 0 amide bonds. The normalized spacial score (nSPS) is 24.7. The minimum atomic E-state index is -0.0682. The number of aromatic nitrogens is 2. The van der Waals surface area contributed by atoms with Gasteiger partial charge in [-0.3, -0.25) is 9.48 Å². The van der Waals surface area contributed by atoms with E-state index in [1.54, 1.807) is 4.68 Å². The third-order valence-electron chi connectivity index (χ3n) is 2.53. The number of carbonyl (C=O) groups is 1. The lowest BCUT2D eigenvalue weighted by atomic mass is 10.2. The van der Waals surface area contributed by atoms with Crippen LogP contribution in [0.5, 0.6) is 0 Å². The Bertz CT molecular complexity index is 346. The molecule has 4 nitrogen and oxygen atoms in total. The molecule has 0 aromatic carbocycles. The van der Waals surface area contributed by atoms with Crippen LogP contribution in [0.2, 0.25) is 0 Å². The molecule has 1 aromatic heterocycles. The molecule has 2 unspecified atom stereocenters. The maximum absolute atomic E-state index is 11.3. The Morgan fingerprint density at radius 2 is 2.57 bits per heavy atom. The average molecular weight is 194 g/mol. The number of esters is 1. The van der Waals surface area contributed by atoms with Gasteiger partial charge in [-0.25, -0.2) is 0 Å². The molecule has 4 heteroatoms. The van der Waals surface area contributed by atoms with Crippen molar-refractivity contribution in [1.29, 1.82) is 0 Å². The summed E-state index contributed by atoms with van der Waals surface area (Å²) in [4.78, 5) is 11.3. The van der Waals surface area contributed by atoms with Crippen molar-refractivity contribution in [3.05, 3.63) is 18.0 Å². The van der Waals surface area contributed by atoms with Crippen molar-refractivity contribution in [3.63, 3.8) is 0 Å². The van der Waals surface area contributed by atoms with Gasteiger partial charge in [-0.1, -0.05) is 0 Å². The van der Waals surface area contributed by atoms with E-state index in [9.17, 15) is 4.79 Å². The fraction of sp³-hybridized carbons (Fsp3) is 0.600. The zero-order chi connectivity index (χ0) is 10.1. The summed E-state index contributed by atoms with van der Waals surface area (Å²) in [6.07, 6.45) is 4.69. The van der Waals surface area contributed by atoms with E-state index in [0.29, 0.717) is 12.5 Å². The van der Waals surface area contributed by atoms with E-state index < -0.39 is 0 Å². The van der Waals surface area contributed by atoms with Gasteiger partial charge < -0.3 is 4.74 Å². The van der Waals surface area contributed by atoms with Gasteiger partial charge in [-0.15, -0.1) is 0 Å². The monoisotopic (exact) mass is 194 g/mol. The van der Waals surface area contributed by atoms with Crippen LogP contribution in [-0.4, -0.2) is 22.4 Å². The molecule has 1 aromatic rings. The van der Waals surface area contributed by atoms with Crippen molar-refractivity contribution in [2.75, 3.05) is 6.61 Å². The molecule has 1 aliphatic carbocycles. The lowest BCUT2D eigenvalue weighted by Crippen LogP contribution is -2.07. The summed E-state index contributed by atoms with van der Waals surface area (Å²) >= 11 is 0. The van der Waals surface area contributed by atoms with Gasteiger partial charge >= 0.3 is 5.97 Å². The topological polar surface area (TPSA) is 44.1 Å². The molecule has 0 N–H and O–H groups in total. The van der Waals surface area contributed by atoms with Gasteiger partial charge in [-0.05, 0) is 18.9 Å². The van der Waals surface area contributed by atoms with Gasteiger partial charge in [0.05, 0.1) is 18.7 Å². The zero-order valence-corrected chi connectivity index (χ0v) is 8.43. The van der Waals surface area contributed by atoms with E-state index in [4.69, 9.17) is 4.74 Å². The summed E-state index contributed by atoms with van der Waals surface area (Å²) in [6.45, 7) is 2.30. The summed E-state index contributed by atoms with van der Waals surface area (Å²) < 4.78 is 6.72. The molecule has 2 rings (SSSR count). The molecule has 0 spiro atoms. The van der Waals surface area contributed by atoms with Crippen molar-refractivity contribution in [1.82, 2.24) is 9.78 Å². The van der Waals surface area contributed by atoms with E-state index >= 15 is 0 Å². The summed E-state index contributed by atoms with van der Waals surface area (Å²) in [7, 11) is 1.88. The first-order valence-corrected chi connectivity index (χ1v) is 4.87. The molecule has 0 radical (unpaired) electrons. The Hall–Kier alpha value is -1.32. The molecule has 14 heavy (non-hydrogen) atoms. The van der Waals surface area contributed by atoms with Gasteiger partial charge in [0.1, 0.15) is 0 Å². The molecule has 0 bridgehead atoms. The second-order valence-electron chi connectivity index (χ2n) is 3.65. The number of hydrogen-bond acceptors (Lipinski definition) is 3. The van der Waals surface area contributed by atoms with E-state index in [1.165, 1.54) is 0 Å². The molecule has 1 heterocycles. The first kappa shape index (κ1) is 9.24. The average Bonchev–Trinajstić information content (AvgIpc) is 2.84. The molecule has 1 saturated carbocycles. The molecular formula is C10H14N2O2. The minimum absolute atomic E-state index is 0.0682. The Morgan fingerprint density at radius 1 is 1.79 bits per heavy atom. The van der Waals surface area contributed by atoms with Gasteiger partial charge in [0.25, 0.3) is 0 Å². The van der Waals surface area contributed by atoms with E-state index in [-0.39, 0.29) is 11.9 Å². The molecule has 1 fully saturated rings. The third-order valence-corrected chi connectivity index (χ3v) is 2.53. The lowest BCUT2D eigenvalue weighted by molar-refractivity contribution is -0.144. The number of rotatable bonds is 3. The van der Waals surface area contributed by atoms with Gasteiger partial charge in [0.2, 0.25) is 0 Å². The van der Waals surface area contributed by atoms with Crippen molar-refractivity contribution in [3.8, 4) is 0 Å². The van der Waals surface area contributed by atoms with E-state index in [1.807, 2.05) is 26.4 Å². The van der Waals surface area contributed by atoms with E-state index in [2.05, 4.69) is 5.10 Å². The fourth-order valence-electron chi connectivity index (χ4n) is 1.70. The van der Waals surface area contributed by atoms with Crippen molar-refractivity contribution < 1.29 is 9.53 Å². The third kappa shape index (κ3) is 1.64. The smallest absolute Gasteiger partial charge is 0.309 e. The van der Waals surface area contributed by atoms with Crippen molar-refractivity contribution in [2.24, 2.45) is 13.0 Å². The standard InChI is InChI=1S/C10H14N2O2/c1-3-14-10(13)9-4-8(9)7-5-11-12(2)6-7/h5-6,8-9H,3-4H2,1-2H3. The summed E-state index contributed by atoms with van der Waals surface area (Å²) in [5.74, 6) is 0.336. The largest absolute Gasteiger partial charge is 0.466 e. The lowest BCUT2D eigenvalue weighted by Gasteiger charge is -1.98. The minimum Gasteiger partial charge on any atom is -0.466 e. The Morgan fingerprint density at radius 3 is 3.14 bits per heavy atom. The Labute approximate surface area is 82.9 Å². The van der Waals surface area contributed by atoms with Crippen molar-refractivity contribution >= 4 is 5.97 Å². The van der Waals surface area contributed by atoms with Crippen LogP contribution in [-0.2, 0) is 16.6 Å². The maximum Gasteiger partial charge on any atom is 0.309 e. The quantitative estimate of drug-likeness (QED) is 0.676. The van der Waals surface area contributed by atoms with Crippen LogP contribution in [0.3, 0.4) is 0 Å². The highest BCUT2D eigenvalue weighted by atomic mass is 16.5. The van der Waals surface area contributed by atoms with Gasteiger partial charge in [-0.2, -0.15) is 5.10 Å². The summed E-state index contributed by atoms with van der Waals surface area (Å²) in [5.41, 5.74) is 1.14.